The first-order valence-electron chi connectivity index (χ1n) is 9.57. The van der Waals surface area contributed by atoms with E-state index in [1.54, 1.807) is 12.1 Å². The molecule has 0 aromatic heterocycles. The van der Waals surface area contributed by atoms with Crippen LogP contribution in [-0.4, -0.2) is 26.6 Å². The summed E-state index contributed by atoms with van der Waals surface area (Å²) in [5, 5.41) is 4.86. The summed E-state index contributed by atoms with van der Waals surface area (Å²) in [6.07, 6.45) is 1.48. The Morgan fingerprint density at radius 3 is 2.24 bits per heavy atom. The minimum Gasteiger partial charge on any atom is -0.324 e. The van der Waals surface area contributed by atoms with E-state index in [0.717, 1.165) is 28.2 Å². The first-order chi connectivity index (χ1) is 13.7. The van der Waals surface area contributed by atoms with E-state index in [1.165, 1.54) is 4.31 Å². The maximum Gasteiger partial charge on any atom is 0.248 e. The Hall–Kier alpha value is -2.86. The summed E-state index contributed by atoms with van der Waals surface area (Å²) in [5.74, 6) is -0.353. The van der Waals surface area contributed by atoms with E-state index in [0.29, 0.717) is 17.8 Å². The van der Waals surface area contributed by atoms with Gasteiger partial charge in [0.2, 0.25) is 15.9 Å². The lowest BCUT2D eigenvalue weighted by molar-refractivity contribution is -0.117. The predicted molar refractivity (Wildman–Crippen MR) is 120 cm³/mol. The van der Waals surface area contributed by atoms with Gasteiger partial charge in [0.05, 0.1) is 11.9 Å². The summed E-state index contributed by atoms with van der Waals surface area (Å²) in [4.78, 5) is 13.2. The molecule has 0 heterocycles. The van der Waals surface area contributed by atoms with E-state index in [1.807, 2.05) is 69.3 Å². The quantitative estimate of drug-likeness (QED) is 0.644. The first-order valence-corrected chi connectivity index (χ1v) is 11.4. The molecular formula is C23H26N2O3S. The highest BCUT2D eigenvalue weighted by Crippen LogP contribution is 2.27. The largest absolute Gasteiger partial charge is 0.324 e. The van der Waals surface area contributed by atoms with Crippen LogP contribution in [0.25, 0.3) is 10.8 Å². The van der Waals surface area contributed by atoms with Crippen molar-refractivity contribution in [3.8, 4) is 0 Å². The van der Waals surface area contributed by atoms with Crippen molar-refractivity contribution in [2.24, 2.45) is 0 Å². The monoisotopic (exact) mass is 410 g/mol. The van der Waals surface area contributed by atoms with Crippen molar-refractivity contribution in [2.75, 3.05) is 15.9 Å². The van der Waals surface area contributed by atoms with Gasteiger partial charge < -0.3 is 5.32 Å². The zero-order valence-electron chi connectivity index (χ0n) is 17.1. The minimum absolute atomic E-state index is 0.344. The molecule has 5 nitrogen and oxygen atoms in total. The van der Waals surface area contributed by atoms with Crippen molar-refractivity contribution in [1.82, 2.24) is 0 Å². The molecule has 0 radical (unpaired) electrons. The second-order valence-corrected chi connectivity index (χ2v) is 9.20. The number of hydrogen-bond acceptors (Lipinski definition) is 3. The van der Waals surface area contributed by atoms with E-state index >= 15 is 0 Å². The van der Waals surface area contributed by atoms with Crippen LogP contribution in [0.5, 0.6) is 0 Å². The van der Waals surface area contributed by atoms with Crippen LogP contribution in [0.1, 0.15) is 24.5 Å². The number of anilines is 2. The molecule has 152 valence electrons. The Morgan fingerprint density at radius 1 is 1.00 bits per heavy atom. The highest BCUT2D eigenvalue weighted by Gasteiger charge is 2.32. The van der Waals surface area contributed by atoms with E-state index in [4.69, 9.17) is 0 Å². The molecule has 0 aliphatic rings. The number of fused-ring (bicyclic) bond motifs is 1. The van der Waals surface area contributed by atoms with Crippen LogP contribution in [0.4, 0.5) is 11.4 Å². The Labute approximate surface area is 172 Å². The molecule has 0 fully saturated rings. The number of nitrogens with zero attached hydrogens (tertiary/aromatic N) is 1. The molecule has 0 aliphatic carbocycles. The molecule has 0 bridgehead atoms. The zero-order valence-corrected chi connectivity index (χ0v) is 18.0. The zero-order chi connectivity index (χ0) is 21.2. The lowest BCUT2D eigenvalue weighted by Crippen LogP contribution is -2.47. The molecule has 6 heteroatoms. The van der Waals surface area contributed by atoms with Crippen molar-refractivity contribution in [3.63, 3.8) is 0 Å². The average Bonchev–Trinajstić information content (AvgIpc) is 2.64. The van der Waals surface area contributed by atoms with Crippen molar-refractivity contribution in [3.05, 3.63) is 71.8 Å². The maximum absolute atomic E-state index is 13.2. The molecule has 1 atom stereocenters. The molecule has 0 saturated heterocycles. The van der Waals surface area contributed by atoms with Crippen molar-refractivity contribution >= 4 is 38.1 Å². The van der Waals surface area contributed by atoms with Crippen molar-refractivity contribution in [1.29, 1.82) is 0 Å². The smallest absolute Gasteiger partial charge is 0.248 e. The molecule has 3 aromatic carbocycles. The van der Waals surface area contributed by atoms with Gasteiger partial charge in [-0.1, -0.05) is 49.4 Å². The van der Waals surface area contributed by atoms with Crippen LogP contribution in [0.2, 0.25) is 0 Å². The number of nitrogens with one attached hydrogen (secondary N) is 1. The van der Waals surface area contributed by atoms with E-state index in [-0.39, 0.29) is 5.91 Å². The summed E-state index contributed by atoms with van der Waals surface area (Å²) >= 11 is 0. The molecule has 0 aliphatic heterocycles. The third kappa shape index (κ3) is 4.59. The van der Waals surface area contributed by atoms with Crippen LogP contribution < -0.4 is 9.62 Å². The van der Waals surface area contributed by atoms with E-state index in [2.05, 4.69) is 5.32 Å². The fraction of sp³-hybridized carbons (Fsp3) is 0.261. The fourth-order valence-corrected chi connectivity index (χ4v) is 4.88. The standard InChI is InChI=1S/C23H26N2O3S/c1-5-22(25(29(4,27)28)19-14-16(2)13-17(3)15-19)23(26)24-21-12-8-10-18-9-6-7-11-20(18)21/h6-15,22H,5H2,1-4H3,(H,24,26)/t22-/m1/s1. The van der Waals surface area contributed by atoms with Gasteiger partial charge in [0.25, 0.3) is 0 Å². The maximum atomic E-state index is 13.2. The molecule has 0 unspecified atom stereocenters. The molecule has 29 heavy (non-hydrogen) atoms. The minimum atomic E-state index is -3.67. The first kappa shape index (κ1) is 20.9. The average molecular weight is 411 g/mol. The number of hydrogen-bond donors (Lipinski definition) is 1. The van der Waals surface area contributed by atoms with Crippen LogP contribution >= 0.6 is 0 Å². The van der Waals surface area contributed by atoms with Gasteiger partial charge in [0.1, 0.15) is 6.04 Å². The van der Waals surface area contributed by atoms with Crippen LogP contribution in [0.3, 0.4) is 0 Å². The number of carbonyl (C=O) groups is 1. The van der Waals surface area contributed by atoms with E-state index < -0.39 is 16.1 Å². The predicted octanol–water partition coefficient (Wildman–Crippen LogP) is 4.64. The van der Waals surface area contributed by atoms with Gasteiger partial charge in [0.15, 0.2) is 0 Å². The van der Waals surface area contributed by atoms with Gasteiger partial charge in [-0.2, -0.15) is 0 Å². The molecule has 3 rings (SSSR count). The van der Waals surface area contributed by atoms with Gasteiger partial charge in [0, 0.05) is 11.1 Å². The third-order valence-corrected chi connectivity index (χ3v) is 6.02. The van der Waals surface area contributed by atoms with Crippen LogP contribution in [0, 0.1) is 13.8 Å². The van der Waals surface area contributed by atoms with Gasteiger partial charge >= 0.3 is 0 Å². The summed E-state index contributed by atoms with van der Waals surface area (Å²) in [6.45, 7) is 5.64. The molecule has 3 aromatic rings. The topological polar surface area (TPSA) is 66.5 Å². The van der Waals surface area contributed by atoms with Gasteiger partial charge in [-0.05, 0) is 55.0 Å². The second-order valence-electron chi connectivity index (χ2n) is 7.34. The lowest BCUT2D eigenvalue weighted by Gasteiger charge is -2.30. The molecule has 1 N–H and O–H groups in total. The Kier molecular flexibility index (Phi) is 5.94. The molecule has 0 saturated carbocycles. The molecule has 1 amide bonds. The van der Waals surface area contributed by atoms with Crippen molar-refractivity contribution in [2.45, 2.75) is 33.2 Å². The molecular weight excluding hydrogens is 384 g/mol. The SMILES string of the molecule is CC[C@H](C(=O)Nc1cccc2ccccc12)N(c1cc(C)cc(C)c1)S(C)(=O)=O. The van der Waals surface area contributed by atoms with Crippen LogP contribution in [0.15, 0.2) is 60.7 Å². The summed E-state index contributed by atoms with van der Waals surface area (Å²) < 4.78 is 26.6. The van der Waals surface area contributed by atoms with Gasteiger partial charge in [-0.25, -0.2) is 8.42 Å². The van der Waals surface area contributed by atoms with Gasteiger partial charge in [-0.3, -0.25) is 9.10 Å². The van der Waals surface area contributed by atoms with Crippen LogP contribution in [-0.2, 0) is 14.8 Å². The fourth-order valence-electron chi connectivity index (χ4n) is 3.69. The summed E-state index contributed by atoms with van der Waals surface area (Å²) in [6, 6.07) is 18.1. The number of amides is 1. The normalized spacial score (nSPS) is 12.6. The number of rotatable bonds is 6. The number of carbonyl (C=O) groups excluding carboxylic acids is 1. The Morgan fingerprint density at radius 2 is 1.62 bits per heavy atom. The third-order valence-electron chi connectivity index (χ3n) is 4.84. The highest BCUT2D eigenvalue weighted by atomic mass is 32.2. The Bertz CT molecular complexity index is 1130. The number of benzene rings is 3. The highest BCUT2D eigenvalue weighted by molar-refractivity contribution is 7.92. The summed E-state index contributed by atoms with van der Waals surface area (Å²) in [5.41, 5.74) is 3.06. The van der Waals surface area contributed by atoms with E-state index in [9.17, 15) is 13.2 Å². The Balaban J connectivity index is 2.01. The summed E-state index contributed by atoms with van der Waals surface area (Å²) in [7, 11) is -3.67. The number of sulfonamides is 1. The lowest BCUT2D eigenvalue weighted by atomic mass is 10.1. The molecule has 0 spiro atoms. The van der Waals surface area contributed by atoms with Crippen molar-refractivity contribution < 1.29 is 13.2 Å². The van der Waals surface area contributed by atoms with Gasteiger partial charge in [-0.15, -0.1) is 0 Å². The second kappa shape index (κ2) is 8.25. The number of aryl methyl sites for hydroxylation is 2.